The van der Waals surface area contributed by atoms with Gasteiger partial charge in [0.05, 0.1) is 12.7 Å². The number of carbonyl (C=O) groups excluding carboxylic acids is 1. The second-order valence-corrected chi connectivity index (χ2v) is 6.17. The van der Waals surface area contributed by atoms with Crippen molar-refractivity contribution in [3.8, 4) is 5.75 Å². The van der Waals surface area contributed by atoms with Gasteiger partial charge in [-0.05, 0) is 55.0 Å². The van der Waals surface area contributed by atoms with Gasteiger partial charge in [0.2, 0.25) is 0 Å². The third-order valence-corrected chi connectivity index (χ3v) is 4.45. The number of hydrogen-bond donors (Lipinski definition) is 0. The van der Waals surface area contributed by atoms with Crippen LogP contribution >= 0.6 is 0 Å². The Labute approximate surface area is 141 Å². The molecule has 2 aromatic rings. The summed E-state index contributed by atoms with van der Waals surface area (Å²) < 4.78 is 18.8. The summed E-state index contributed by atoms with van der Waals surface area (Å²) in [7, 11) is 1.49. The van der Waals surface area contributed by atoms with Crippen LogP contribution in [0.4, 0.5) is 4.39 Å². The van der Waals surface area contributed by atoms with Crippen LogP contribution in [0.25, 0.3) is 0 Å². The van der Waals surface area contributed by atoms with Gasteiger partial charge in [0.25, 0.3) is 5.91 Å². The van der Waals surface area contributed by atoms with Crippen molar-refractivity contribution in [3.63, 3.8) is 0 Å². The largest absolute Gasteiger partial charge is 0.496 e. The van der Waals surface area contributed by atoms with E-state index in [0.29, 0.717) is 30.3 Å². The minimum Gasteiger partial charge on any atom is -0.496 e. The highest BCUT2D eigenvalue weighted by atomic mass is 19.1. The first-order valence-corrected chi connectivity index (χ1v) is 8.19. The zero-order chi connectivity index (χ0) is 16.9. The van der Waals surface area contributed by atoms with Crippen molar-refractivity contribution in [1.82, 2.24) is 9.88 Å². The van der Waals surface area contributed by atoms with Crippen LogP contribution in [-0.2, 0) is 6.42 Å². The van der Waals surface area contributed by atoms with E-state index in [1.165, 1.54) is 30.9 Å². The molecule has 0 aliphatic carbocycles. The van der Waals surface area contributed by atoms with Crippen LogP contribution in [0, 0.1) is 11.7 Å². The Kier molecular flexibility index (Phi) is 5.08. The normalized spacial score (nSPS) is 17.6. The smallest absolute Gasteiger partial charge is 0.257 e. The van der Waals surface area contributed by atoms with Gasteiger partial charge in [-0.2, -0.15) is 0 Å². The predicted molar refractivity (Wildman–Crippen MR) is 89.5 cm³/mol. The summed E-state index contributed by atoms with van der Waals surface area (Å²) in [6, 6.07) is 8.05. The Morgan fingerprint density at radius 3 is 3.04 bits per heavy atom. The maximum absolute atomic E-state index is 13.5. The number of halogens is 1. The fourth-order valence-corrected chi connectivity index (χ4v) is 3.29. The van der Waals surface area contributed by atoms with Gasteiger partial charge in [-0.3, -0.25) is 9.78 Å². The van der Waals surface area contributed by atoms with E-state index in [9.17, 15) is 9.18 Å². The Hall–Kier alpha value is -2.43. The Balaban J connectivity index is 1.72. The minimum absolute atomic E-state index is 0.165. The van der Waals surface area contributed by atoms with Gasteiger partial charge in [0.1, 0.15) is 11.6 Å². The van der Waals surface area contributed by atoms with E-state index in [-0.39, 0.29) is 5.91 Å². The van der Waals surface area contributed by atoms with Crippen molar-refractivity contribution in [1.29, 1.82) is 0 Å². The van der Waals surface area contributed by atoms with Crippen molar-refractivity contribution in [3.05, 3.63) is 59.7 Å². The van der Waals surface area contributed by atoms with Gasteiger partial charge in [-0.1, -0.05) is 6.07 Å². The fraction of sp³-hybridized carbons (Fsp3) is 0.368. The molecule has 5 heteroatoms. The van der Waals surface area contributed by atoms with Gasteiger partial charge < -0.3 is 9.64 Å². The number of nitrogens with zero attached hydrogens (tertiary/aromatic N) is 2. The summed E-state index contributed by atoms with van der Waals surface area (Å²) in [6.07, 6.45) is 6.57. The highest BCUT2D eigenvalue weighted by Gasteiger charge is 2.26. The second kappa shape index (κ2) is 7.43. The van der Waals surface area contributed by atoms with Gasteiger partial charge in [0, 0.05) is 25.5 Å². The minimum atomic E-state index is -0.428. The molecule has 1 unspecified atom stereocenters. The van der Waals surface area contributed by atoms with Crippen LogP contribution in [-0.4, -0.2) is 36.0 Å². The van der Waals surface area contributed by atoms with Crippen molar-refractivity contribution in [2.24, 2.45) is 5.92 Å². The summed E-state index contributed by atoms with van der Waals surface area (Å²) in [6.45, 7) is 1.37. The lowest BCUT2D eigenvalue weighted by atomic mass is 9.91. The van der Waals surface area contributed by atoms with Gasteiger partial charge >= 0.3 is 0 Å². The number of ether oxygens (including phenoxy) is 1. The van der Waals surface area contributed by atoms with E-state index in [0.717, 1.165) is 19.3 Å². The average Bonchev–Trinajstić information content (AvgIpc) is 2.62. The molecule has 1 amide bonds. The summed E-state index contributed by atoms with van der Waals surface area (Å²) in [5.74, 6) is 0.215. The molecule has 24 heavy (non-hydrogen) atoms. The molecule has 1 aromatic carbocycles. The summed E-state index contributed by atoms with van der Waals surface area (Å²) in [5.41, 5.74) is 1.47. The van der Waals surface area contributed by atoms with E-state index >= 15 is 0 Å². The number of methoxy groups -OCH3 is 1. The maximum Gasteiger partial charge on any atom is 0.257 e. The fourth-order valence-electron chi connectivity index (χ4n) is 3.29. The predicted octanol–water partition coefficient (Wildman–Crippen LogP) is 3.32. The Morgan fingerprint density at radius 1 is 1.42 bits per heavy atom. The van der Waals surface area contributed by atoms with Crippen LogP contribution in [0.15, 0.2) is 42.7 Å². The topological polar surface area (TPSA) is 42.4 Å². The van der Waals surface area contributed by atoms with Crippen molar-refractivity contribution in [2.75, 3.05) is 20.2 Å². The van der Waals surface area contributed by atoms with Crippen LogP contribution in [0.5, 0.6) is 5.75 Å². The average molecular weight is 328 g/mol. The molecule has 1 aliphatic rings. The van der Waals surface area contributed by atoms with Crippen LogP contribution < -0.4 is 4.74 Å². The summed E-state index contributed by atoms with van der Waals surface area (Å²) >= 11 is 0. The van der Waals surface area contributed by atoms with E-state index in [2.05, 4.69) is 11.1 Å². The molecule has 1 aliphatic heterocycles. The van der Waals surface area contributed by atoms with E-state index in [1.807, 2.05) is 17.2 Å². The second-order valence-electron chi connectivity index (χ2n) is 6.17. The Morgan fingerprint density at radius 2 is 2.29 bits per heavy atom. The van der Waals surface area contributed by atoms with Crippen molar-refractivity contribution in [2.45, 2.75) is 19.3 Å². The molecular formula is C19H21FN2O2. The number of benzene rings is 1. The van der Waals surface area contributed by atoms with E-state index in [1.54, 1.807) is 6.20 Å². The molecule has 0 saturated carbocycles. The van der Waals surface area contributed by atoms with Gasteiger partial charge in [0.15, 0.2) is 0 Å². The van der Waals surface area contributed by atoms with Crippen LogP contribution in [0.2, 0.25) is 0 Å². The molecule has 0 radical (unpaired) electrons. The third kappa shape index (κ3) is 3.72. The third-order valence-electron chi connectivity index (χ3n) is 4.45. The number of aromatic nitrogens is 1. The number of rotatable bonds is 4. The Bertz CT molecular complexity index is 706. The number of amides is 1. The van der Waals surface area contributed by atoms with Gasteiger partial charge in [-0.15, -0.1) is 0 Å². The monoisotopic (exact) mass is 328 g/mol. The molecule has 3 rings (SSSR count). The lowest BCUT2D eigenvalue weighted by Crippen LogP contribution is -2.40. The quantitative estimate of drug-likeness (QED) is 0.864. The standard InChI is InChI=1S/C19H21FN2O2/c1-24-18-7-6-16(20)11-17(18)19(23)22-9-3-5-15(13-22)10-14-4-2-8-21-12-14/h2,4,6-8,11-12,15H,3,5,9-10,13H2,1H3. The molecule has 2 heterocycles. The lowest BCUT2D eigenvalue weighted by molar-refractivity contribution is 0.0669. The number of likely N-dealkylation sites (tertiary alicyclic amines) is 1. The maximum atomic E-state index is 13.5. The van der Waals surface area contributed by atoms with E-state index < -0.39 is 5.82 Å². The number of hydrogen-bond acceptors (Lipinski definition) is 3. The molecular weight excluding hydrogens is 307 g/mol. The van der Waals surface area contributed by atoms with Gasteiger partial charge in [-0.25, -0.2) is 4.39 Å². The zero-order valence-corrected chi connectivity index (χ0v) is 13.7. The number of pyridine rings is 1. The first-order valence-electron chi connectivity index (χ1n) is 8.19. The zero-order valence-electron chi connectivity index (χ0n) is 13.7. The summed E-state index contributed by atoms with van der Waals surface area (Å²) in [5, 5.41) is 0. The SMILES string of the molecule is COc1ccc(F)cc1C(=O)N1CCCC(Cc2cccnc2)C1. The van der Waals surface area contributed by atoms with Crippen LogP contribution in [0.1, 0.15) is 28.8 Å². The summed E-state index contributed by atoms with van der Waals surface area (Å²) in [4.78, 5) is 18.7. The number of piperidine rings is 1. The lowest BCUT2D eigenvalue weighted by Gasteiger charge is -2.33. The molecule has 0 N–H and O–H groups in total. The first-order chi connectivity index (χ1) is 11.7. The molecule has 126 valence electrons. The van der Waals surface area contributed by atoms with Crippen molar-refractivity contribution >= 4 is 5.91 Å². The molecule has 1 aromatic heterocycles. The molecule has 1 fully saturated rings. The molecule has 0 bridgehead atoms. The highest BCUT2D eigenvalue weighted by molar-refractivity contribution is 5.97. The molecule has 1 saturated heterocycles. The number of carbonyl (C=O) groups is 1. The van der Waals surface area contributed by atoms with E-state index in [4.69, 9.17) is 4.74 Å². The first kappa shape index (κ1) is 16.4. The molecule has 4 nitrogen and oxygen atoms in total. The van der Waals surface area contributed by atoms with Crippen molar-refractivity contribution < 1.29 is 13.9 Å². The molecule has 1 atom stereocenters. The van der Waals surface area contributed by atoms with Crippen LogP contribution in [0.3, 0.4) is 0 Å². The highest BCUT2D eigenvalue weighted by Crippen LogP contribution is 2.26. The molecule has 0 spiro atoms.